The number of hydrogen-bond donors (Lipinski definition) is 1. The summed E-state index contributed by atoms with van der Waals surface area (Å²) in [6.07, 6.45) is 0.725. The quantitative estimate of drug-likeness (QED) is 0.295. The number of hydrogen-bond acceptors (Lipinski definition) is 6. The molecule has 216 valence electrons. The first-order valence-electron chi connectivity index (χ1n) is 14.7. The maximum absolute atomic E-state index is 13.4. The lowest BCUT2D eigenvalue weighted by molar-refractivity contribution is -0.121. The van der Waals surface area contributed by atoms with Crippen molar-refractivity contribution in [3.05, 3.63) is 106 Å². The van der Waals surface area contributed by atoms with Crippen LogP contribution in [-0.4, -0.2) is 69.2 Å². The summed E-state index contributed by atoms with van der Waals surface area (Å²) in [5.74, 6) is 1.14. The third-order valence-electron chi connectivity index (χ3n) is 8.37. The standard InChI is InChI=1S/C33H37N7O2/c1-24-9-8-14-28(25(24)2)38-21-19-37(20-22-38)18-17-34-31(41)16-15-30-35-36-33-39(23-26-10-4-3-5-11-26)32(42)27-12-6-7-13-29(27)40(30)33/h3-14H,15-23H2,1-2H3,(H,34,41). The van der Waals surface area contributed by atoms with E-state index in [2.05, 4.69) is 57.4 Å². The number of anilines is 1. The van der Waals surface area contributed by atoms with Crippen LogP contribution in [0.3, 0.4) is 0 Å². The molecule has 2 aromatic heterocycles. The van der Waals surface area contributed by atoms with Crippen LogP contribution in [0.1, 0.15) is 28.9 Å². The van der Waals surface area contributed by atoms with E-state index in [0.717, 1.165) is 43.8 Å². The van der Waals surface area contributed by atoms with Crippen molar-refractivity contribution in [2.45, 2.75) is 33.2 Å². The number of para-hydroxylation sites is 1. The van der Waals surface area contributed by atoms with Gasteiger partial charge >= 0.3 is 0 Å². The first-order valence-corrected chi connectivity index (χ1v) is 14.7. The largest absolute Gasteiger partial charge is 0.369 e. The molecule has 9 nitrogen and oxygen atoms in total. The Morgan fingerprint density at radius 3 is 2.45 bits per heavy atom. The molecule has 0 saturated carbocycles. The molecule has 0 aliphatic carbocycles. The van der Waals surface area contributed by atoms with Gasteiger partial charge in [-0.2, -0.15) is 0 Å². The van der Waals surface area contributed by atoms with E-state index < -0.39 is 0 Å². The van der Waals surface area contributed by atoms with Crippen molar-refractivity contribution in [1.82, 2.24) is 29.4 Å². The molecule has 42 heavy (non-hydrogen) atoms. The summed E-state index contributed by atoms with van der Waals surface area (Å²) in [7, 11) is 0. The van der Waals surface area contributed by atoms with Crippen molar-refractivity contribution < 1.29 is 4.79 Å². The number of amides is 1. The van der Waals surface area contributed by atoms with Gasteiger partial charge in [0.25, 0.3) is 5.56 Å². The molecular formula is C33H37N7O2. The fraction of sp³-hybridized carbons (Fsp3) is 0.333. The lowest BCUT2D eigenvalue weighted by Gasteiger charge is -2.37. The number of aromatic nitrogens is 4. The van der Waals surface area contributed by atoms with Gasteiger partial charge in [0.15, 0.2) is 0 Å². The Bertz CT molecular complexity index is 1770. The second-order valence-corrected chi connectivity index (χ2v) is 11.0. The van der Waals surface area contributed by atoms with Crippen molar-refractivity contribution in [3.8, 4) is 0 Å². The molecule has 3 heterocycles. The van der Waals surface area contributed by atoms with Gasteiger partial charge in [-0.25, -0.2) is 0 Å². The molecule has 0 bridgehead atoms. The number of piperazine rings is 1. The predicted molar refractivity (Wildman–Crippen MR) is 166 cm³/mol. The van der Waals surface area contributed by atoms with Crippen molar-refractivity contribution in [3.63, 3.8) is 0 Å². The van der Waals surface area contributed by atoms with Crippen LogP contribution in [0.15, 0.2) is 77.6 Å². The summed E-state index contributed by atoms with van der Waals surface area (Å²) in [6.45, 7) is 10.1. The van der Waals surface area contributed by atoms with E-state index in [1.54, 1.807) is 4.57 Å². The molecule has 0 spiro atoms. The Balaban J connectivity index is 1.07. The van der Waals surface area contributed by atoms with Gasteiger partial charge in [-0.1, -0.05) is 54.6 Å². The SMILES string of the molecule is Cc1cccc(N2CCN(CCNC(=O)CCc3nnc4n(Cc5ccccc5)c(=O)c5ccccc5n34)CC2)c1C. The van der Waals surface area contributed by atoms with Crippen LogP contribution in [0, 0.1) is 13.8 Å². The molecule has 1 aliphatic rings. The number of nitrogens with one attached hydrogen (secondary N) is 1. The highest BCUT2D eigenvalue weighted by Crippen LogP contribution is 2.24. The van der Waals surface area contributed by atoms with Crippen LogP contribution in [-0.2, 0) is 17.8 Å². The molecule has 1 N–H and O–H groups in total. The zero-order valence-electron chi connectivity index (χ0n) is 24.3. The smallest absolute Gasteiger partial charge is 0.263 e. The van der Waals surface area contributed by atoms with Crippen LogP contribution >= 0.6 is 0 Å². The molecule has 1 saturated heterocycles. The van der Waals surface area contributed by atoms with Crippen molar-refractivity contribution >= 4 is 28.3 Å². The molecule has 3 aromatic carbocycles. The highest BCUT2D eigenvalue weighted by atomic mass is 16.1. The minimum atomic E-state index is -0.103. The number of nitrogens with zero attached hydrogens (tertiary/aromatic N) is 6. The zero-order chi connectivity index (χ0) is 29.1. The first kappa shape index (κ1) is 27.7. The molecule has 1 amide bonds. The minimum Gasteiger partial charge on any atom is -0.369 e. The fourth-order valence-corrected chi connectivity index (χ4v) is 5.84. The van der Waals surface area contributed by atoms with Crippen molar-refractivity contribution in [2.24, 2.45) is 0 Å². The lowest BCUT2D eigenvalue weighted by atomic mass is 10.1. The van der Waals surface area contributed by atoms with Gasteiger partial charge in [-0.05, 0) is 48.7 Å². The summed E-state index contributed by atoms with van der Waals surface area (Å²) in [6, 6.07) is 23.9. The number of rotatable bonds is 9. The van der Waals surface area contributed by atoms with Gasteiger partial charge in [0.05, 0.1) is 17.4 Å². The molecule has 5 aromatic rings. The van der Waals surface area contributed by atoms with Gasteiger partial charge in [0.2, 0.25) is 11.7 Å². The van der Waals surface area contributed by atoms with E-state index in [-0.39, 0.29) is 11.5 Å². The van der Waals surface area contributed by atoms with Gasteiger partial charge in [-0.15, -0.1) is 10.2 Å². The van der Waals surface area contributed by atoms with Crippen LogP contribution < -0.4 is 15.8 Å². The van der Waals surface area contributed by atoms with Gasteiger partial charge in [0.1, 0.15) is 5.82 Å². The highest BCUT2D eigenvalue weighted by molar-refractivity contribution is 5.80. The normalized spacial score (nSPS) is 14.1. The highest BCUT2D eigenvalue weighted by Gasteiger charge is 2.20. The molecule has 0 unspecified atom stereocenters. The lowest BCUT2D eigenvalue weighted by Crippen LogP contribution is -2.48. The number of aryl methyl sites for hydroxylation is 2. The van der Waals surface area contributed by atoms with E-state index in [4.69, 9.17) is 0 Å². The first-order chi connectivity index (χ1) is 20.5. The third-order valence-corrected chi connectivity index (χ3v) is 8.37. The average molecular weight is 564 g/mol. The van der Waals surface area contributed by atoms with Gasteiger partial charge in [0, 0.05) is 57.8 Å². The van der Waals surface area contributed by atoms with E-state index in [0.29, 0.717) is 42.9 Å². The number of carbonyl (C=O) groups is 1. The Morgan fingerprint density at radius 2 is 1.64 bits per heavy atom. The number of fused-ring (bicyclic) bond motifs is 3. The Hall–Kier alpha value is -4.50. The summed E-state index contributed by atoms with van der Waals surface area (Å²) >= 11 is 0. The Kier molecular flexibility index (Phi) is 8.01. The molecule has 1 fully saturated rings. The maximum atomic E-state index is 13.4. The zero-order valence-corrected chi connectivity index (χ0v) is 24.3. The summed E-state index contributed by atoms with van der Waals surface area (Å²) < 4.78 is 3.58. The van der Waals surface area contributed by atoms with E-state index in [1.165, 1.54) is 16.8 Å². The van der Waals surface area contributed by atoms with Crippen LogP contribution in [0.25, 0.3) is 16.7 Å². The van der Waals surface area contributed by atoms with E-state index >= 15 is 0 Å². The summed E-state index contributed by atoms with van der Waals surface area (Å²) in [5, 5.41) is 12.5. The van der Waals surface area contributed by atoms with Gasteiger partial charge in [-0.3, -0.25) is 23.5 Å². The molecule has 6 rings (SSSR count). The summed E-state index contributed by atoms with van der Waals surface area (Å²) in [5.41, 5.74) is 5.66. The molecule has 1 aliphatic heterocycles. The molecule has 9 heteroatoms. The maximum Gasteiger partial charge on any atom is 0.263 e. The van der Waals surface area contributed by atoms with Crippen LogP contribution in [0.4, 0.5) is 5.69 Å². The Labute approximate surface area is 245 Å². The van der Waals surface area contributed by atoms with E-state index in [1.807, 2.05) is 59.0 Å². The van der Waals surface area contributed by atoms with Crippen LogP contribution in [0.2, 0.25) is 0 Å². The third kappa shape index (κ3) is 5.65. The van der Waals surface area contributed by atoms with E-state index in [9.17, 15) is 9.59 Å². The minimum absolute atomic E-state index is 0.0114. The molecule has 0 atom stereocenters. The van der Waals surface area contributed by atoms with Crippen LogP contribution in [0.5, 0.6) is 0 Å². The molecular weight excluding hydrogens is 526 g/mol. The second-order valence-electron chi connectivity index (χ2n) is 11.0. The second kappa shape index (κ2) is 12.2. The van der Waals surface area contributed by atoms with Gasteiger partial charge < -0.3 is 10.2 Å². The predicted octanol–water partition coefficient (Wildman–Crippen LogP) is 3.58. The topological polar surface area (TPSA) is 87.8 Å². The average Bonchev–Trinajstić information content (AvgIpc) is 3.45. The fourth-order valence-electron chi connectivity index (χ4n) is 5.84. The monoisotopic (exact) mass is 563 g/mol. The Morgan fingerprint density at radius 1 is 0.881 bits per heavy atom. The van der Waals surface area contributed by atoms with Crippen molar-refractivity contribution in [2.75, 3.05) is 44.2 Å². The van der Waals surface area contributed by atoms with Crippen molar-refractivity contribution in [1.29, 1.82) is 0 Å². The number of carbonyl (C=O) groups excluding carboxylic acids is 1. The summed E-state index contributed by atoms with van der Waals surface area (Å²) in [4.78, 5) is 31.1. The number of benzene rings is 3. The molecule has 0 radical (unpaired) electrons.